The molecule has 0 radical (unpaired) electrons. The van der Waals surface area contributed by atoms with E-state index in [2.05, 4.69) is 33.0 Å². The highest BCUT2D eigenvalue weighted by molar-refractivity contribution is 5.03. The third-order valence-corrected chi connectivity index (χ3v) is 3.84. The average molecular weight is 214 g/mol. The molecular formula is C12H26N2O. The number of nitrogens with one attached hydrogen (secondary N) is 1. The molecule has 0 spiro atoms. The van der Waals surface area contributed by atoms with Crippen LogP contribution in [0, 0.1) is 10.8 Å². The quantitative estimate of drug-likeness (QED) is 0.727. The standard InChI is InChI=1S/C12H26N2O/c1-11(2,7-13)8-14-9-6-10(15-5)12(9,3)4/h9-10,14H,6-8,13H2,1-5H3. The van der Waals surface area contributed by atoms with Crippen LogP contribution in [-0.4, -0.2) is 32.3 Å². The molecule has 15 heavy (non-hydrogen) atoms. The van der Waals surface area contributed by atoms with E-state index >= 15 is 0 Å². The summed E-state index contributed by atoms with van der Waals surface area (Å²) in [4.78, 5) is 0. The lowest BCUT2D eigenvalue weighted by molar-refractivity contribution is -0.0989. The van der Waals surface area contributed by atoms with Crippen molar-refractivity contribution in [2.75, 3.05) is 20.2 Å². The van der Waals surface area contributed by atoms with E-state index in [-0.39, 0.29) is 10.8 Å². The maximum Gasteiger partial charge on any atom is 0.0652 e. The van der Waals surface area contributed by atoms with Gasteiger partial charge in [-0.2, -0.15) is 0 Å². The second kappa shape index (κ2) is 4.40. The molecule has 0 aromatic rings. The van der Waals surface area contributed by atoms with E-state index in [0.29, 0.717) is 12.1 Å². The molecule has 1 aliphatic rings. The summed E-state index contributed by atoms with van der Waals surface area (Å²) in [6.07, 6.45) is 1.51. The number of methoxy groups -OCH3 is 1. The smallest absolute Gasteiger partial charge is 0.0652 e. The lowest BCUT2D eigenvalue weighted by Crippen LogP contribution is -2.61. The maximum atomic E-state index is 5.71. The second-order valence-corrected chi connectivity index (χ2v) is 6.08. The van der Waals surface area contributed by atoms with Crippen molar-refractivity contribution in [3.05, 3.63) is 0 Å². The lowest BCUT2D eigenvalue weighted by Gasteiger charge is -2.52. The van der Waals surface area contributed by atoms with Crippen molar-refractivity contribution in [1.82, 2.24) is 5.32 Å². The minimum Gasteiger partial charge on any atom is -0.381 e. The first-order valence-electron chi connectivity index (χ1n) is 5.80. The van der Waals surface area contributed by atoms with E-state index < -0.39 is 0 Å². The Labute approximate surface area is 93.8 Å². The van der Waals surface area contributed by atoms with E-state index in [0.717, 1.165) is 19.5 Å². The fraction of sp³-hybridized carbons (Fsp3) is 1.00. The van der Waals surface area contributed by atoms with E-state index in [1.54, 1.807) is 7.11 Å². The Balaban J connectivity index is 2.37. The Kier molecular flexibility index (Phi) is 3.80. The molecule has 3 N–H and O–H groups in total. The van der Waals surface area contributed by atoms with Gasteiger partial charge in [0.1, 0.15) is 0 Å². The topological polar surface area (TPSA) is 47.3 Å². The van der Waals surface area contributed by atoms with Gasteiger partial charge in [0.05, 0.1) is 6.10 Å². The average Bonchev–Trinajstić information content (AvgIpc) is 2.16. The van der Waals surface area contributed by atoms with E-state index in [1.165, 1.54) is 0 Å². The molecule has 3 heteroatoms. The van der Waals surface area contributed by atoms with Gasteiger partial charge in [-0.05, 0) is 18.4 Å². The first kappa shape index (κ1) is 12.9. The summed E-state index contributed by atoms with van der Waals surface area (Å²) in [7, 11) is 1.80. The van der Waals surface area contributed by atoms with Crippen molar-refractivity contribution in [2.45, 2.75) is 46.3 Å². The maximum absolute atomic E-state index is 5.71. The summed E-state index contributed by atoms with van der Waals surface area (Å²) >= 11 is 0. The Morgan fingerprint density at radius 3 is 2.47 bits per heavy atom. The molecular weight excluding hydrogens is 188 g/mol. The molecule has 3 nitrogen and oxygen atoms in total. The molecule has 0 saturated heterocycles. The molecule has 0 heterocycles. The molecule has 0 amide bonds. The zero-order valence-electron chi connectivity index (χ0n) is 10.8. The van der Waals surface area contributed by atoms with Gasteiger partial charge >= 0.3 is 0 Å². The Morgan fingerprint density at radius 1 is 1.47 bits per heavy atom. The monoisotopic (exact) mass is 214 g/mol. The van der Waals surface area contributed by atoms with Crippen LogP contribution in [0.5, 0.6) is 0 Å². The van der Waals surface area contributed by atoms with Crippen LogP contribution < -0.4 is 11.1 Å². The molecule has 0 aromatic carbocycles. The van der Waals surface area contributed by atoms with Crippen molar-refractivity contribution in [3.8, 4) is 0 Å². The van der Waals surface area contributed by atoms with Crippen LogP contribution in [0.2, 0.25) is 0 Å². The van der Waals surface area contributed by atoms with Crippen LogP contribution >= 0.6 is 0 Å². The third kappa shape index (κ3) is 2.71. The third-order valence-electron chi connectivity index (χ3n) is 3.84. The fourth-order valence-corrected chi connectivity index (χ4v) is 2.10. The minimum absolute atomic E-state index is 0.189. The highest BCUT2D eigenvalue weighted by Crippen LogP contribution is 2.42. The van der Waals surface area contributed by atoms with Gasteiger partial charge in [0, 0.05) is 25.1 Å². The number of nitrogens with two attached hydrogens (primary N) is 1. The normalized spacial score (nSPS) is 30.0. The Hall–Kier alpha value is -0.120. The van der Waals surface area contributed by atoms with Gasteiger partial charge in [0.2, 0.25) is 0 Å². The number of hydrogen-bond donors (Lipinski definition) is 2. The van der Waals surface area contributed by atoms with Crippen LogP contribution in [0.3, 0.4) is 0 Å². The van der Waals surface area contributed by atoms with Crippen molar-refractivity contribution in [2.24, 2.45) is 16.6 Å². The summed E-state index contributed by atoms with van der Waals surface area (Å²) in [6.45, 7) is 10.6. The van der Waals surface area contributed by atoms with Crippen molar-refractivity contribution < 1.29 is 4.74 Å². The van der Waals surface area contributed by atoms with Crippen LogP contribution in [0.15, 0.2) is 0 Å². The SMILES string of the molecule is COC1CC(NCC(C)(C)CN)C1(C)C. The minimum atomic E-state index is 0.189. The molecule has 2 atom stereocenters. The molecule has 1 aliphatic carbocycles. The van der Waals surface area contributed by atoms with Crippen LogP contribution in [0.1, 0.15) is 34.1 Å². The molecule has 1 saturated carbocycles. The predicted molar refractivity (Wildman–Crippen MR) is 63.8 cm³/mol. The number of hydrogen-bond acceptors (Lipinski definition) is 3. The Bertz CT molecular complexity index is 214. The highest BCUT2D eigenvalue weighted by atomic mass is 16.5. The summed E-state index contributed by atoms with van der Waals surface area (Å²) in [6, 6.07) is 0.563. The summed E-state index contributed by atoms with van der Waals surface area (Å²) in [5.74, 6) is 0. The first-order chi connectivity index (χ1) is 6.83. The first-order valence-corrected chi connectivity index (χ1v) is 5.80. The van der Waals surface area contributed by atoms with Crippen molar-refractivity contribution in [3.63, 3.8) is 0 Å². The summed E-state index contributed by atoms with van der Waals surface area (Å²) in [5, 5.41) is 3.60. The fourth-order valence-electron chi connectivity index (χ4n) is 2.10. The van der Waals surface area contributed by atoms with Gasteiger partial charge in [-0.25, -0.2) is 0 Å². The van der Waals surface area contributed by atoms with Crippen LogP contribution in [0.25, 0.3) is 0 Å². The van der Waals surface area contributed by atoms with Crippen molar-refractivity contribution >= 4 is 0 Å². The van der Waals surface area contributed by atoms with E-state index in [4.69, 9.17) is 10.5 Å². The van der Waals surface area contributed by atoms with E-state index in [1.807, 2.05) is 0 Å². The zero-order chi connectivity index (χ0) is 11.7. The van der Waals surface area contributed by atoms with Crippen LogP contribution in [0.4, 0.5) is 0 Å². The predicted octanol–water partition coefficient (Wildman–Crippen LogP) is 1.37. The lowest BCUT2D eigenvalue weighted by atomic mass is 9.64. The molecule has 90 valence electrons. The van der Waals surface area contributed by atoms with Gasteiger partial charge in [0.15, 0.2) is 0 Å². The summed E-state index contributed by atoms with van der Waals surface area (Å²) < 4.78 is 5.43. The number of ether oxygens (including phenoxy) is 1. The molecule has 1 rings (SSSR count). The molecule has 0 bridgehead atoms. The van der Waals surface area contributed by atoms with E-state index in [9.17, 15) is 0 Å². The Morgan fingerprint density at radius 2 is 2.07 bits per heavy atom. The molecule has 0 aromatic heterocycles. The van der Waals surface area contributed by atoms with Gasteiger partial charge in [-0.15, -0.1) is 0 Å². The second-order valence-electron chi connectivity index (χ2n) is 6.08. The van der Waals surface area contributed by atoms with Gasteiger partial charge in [-0.3, -0.25) is 0 Å². The van der Waals surface area contributed by atoms with Gasteiger partial charge in [-0.1, -0.05) is 27.7 Å². The van der Waals surface area contributed by atoms with Gasteiger partial charge < -0.3 is 15.8 Å². The molecule has 1 fully saturated rings. The number of rotatable bonds is 5. The largest absolute Gasteiger partial charge is 0.381 e. The highest BCUT2D eigenvalue weighted by Gasteiger charge is 2.48. The van der Waals surface area contributed by atoms with Crippen molar-refractivity contribution in [1.29, 1.82) is 0 Å². The molecule has 2 unspecified atom stereocenters. The summed E-state index contributed by atoms with van der Waals surface area (Å²) in [5.41, 5.74) is 6.15. The zero-order valence-corrected chi connectivity index (χ0v) is 10.8. The molecule has 0 aliphatic heterocycles. The van der Waals surface area contributed by atoms with Crippen LogP contribution in [-0.2, 0) is 4.74 Å². The van der Waals surface area contributed by atoms with Gasteiger partial charge in [0.25, 0.3) is 0 Å².